The maximum atomic E-state index is 12.5. The van der Waals surface area contributed by atoms with Gasteiger partial charge in [0, 0.05) is 46.9 Å². The minimum Gasteiger partial charge on any atom is -0.451 e. The van der Waals surface area contributed by atoms with Crippen LogP contribution in [0.15, 0.2) is 27.9 Å². The fraction of sp³-hybridized carbons (Fsp3) is 0.450. The van der Waals surface area contributed by atoms with Crippen molar-refractivity contribution in [2.24, 2.45) is 0 Å². The summed E-state index contributed by atoms with van der Waals surface area (Å²) in [4.78, 5) is 12.5. The molecule has 1 aromatic heterocycles. The van der Waals surface area contributed by atoms with Crippen molar-refractivity contribution in [3.8, 4) is 0 Å². The van der Waals surface area contributed by atoms with E-state index in [0.29, 0.717) is 5.56 Å². The first-order chi connectivity index (χ1) is 13.1. The van der Waals surface area contributed by atoms with Gasteiger partial charge in [-0.25, -0.2) is 9.52 Å². The van der Waals surface area contributed by atoms with E-state index in [1.807, 2.05) is 4.72 Å². The van der Waals surface area contributed by atoms with Gasteiger partial charge in [-0.15, -0.1) is 0 Å². The molecule has 2 amide bonds. The molecule has 2 aliphatic rings. The molecule has 1 aromatic carbocycles. The van der Waals surface area contributed by atoms with Gasteiger partial charge < -0.3 is 14.8 Å². The normalized spacial score (nSPS) is 15.4. The van der Waals surface area contributed by atoms with Crippen molar-refractivity contribution in [2.75, 3.05) is 5.32 Å². The molecule has 151 valence electrons. The second-order valence-electron chi connectivity index (χ2n) is 8.01. The predicted octanol–water partition coefficient (Wildman–Crippen LogP) is 2.61. The van der Waals surface area contributed by atoms with E-state index in [-0.39, 0.29) is 29.6 Å². The molecule has 0 bridgehead atoms. The van der Waals surface area contributed by atoms with Crippen LogP contribution in [0.2, 0.25) is 0 Å². The van der Waals surface area contributed by atoms with Crippen molar-refractivity contribution >= 4 is 51.3 Å². The number of amides is 2. The summed E-state index contributed by atoms with van der Waals surface area (Å²) in [5.41, 5.74) is 4.58. The van der Waals surface area contributed by atoms with Crippen molar-refractivity contribution in [1.82, 2.24) is 4.72 Å². The molecular weight excluding hydrogens is 403 g/mol. The molecule has 0 saturated heterocycles. The smallest absolute Gasteiger partial charge is 0.333 e. The molecule has 4 rings (SSSR count). The fourth-order valence-corrected chi connectivity index (χ4v) is 4.91. The Morgan fingerprint density at radius 3 is 2.17 bits per heavy atom. The number of aryl methyl sites for hydroxylation is 2. The molecule has 9 heteroatoms. The molecule has 7 nitrogen and oxygen atoms in total. The summed E-state index contributed by atoms with van der Waals surface area (Å²) in [5.74, 6) is 0. The number of hydrogen-bond acceptors (Lipinski definition) is 5. The number of nitrogens with one attached hydrogen (secondary N) is 2. The number of furan rings is 1. The van der Waals surface area contributed by atoms with Crippen LogP contribution in [0, 0.1) is 0 Å². The number of fused-ring (bicyclic) bond motifs is 2. The number of carbonyl (C=O) groups is 1. The van der Waals surface area contributed by atoms with Crippen molar-refractivity contribution in [1.29, 1.82) is 0 Å². The molecule has 0 saturated carbocycles. The molecule has 2 aliphatic carbocycles. The predicted molar refractivity (Wildman–Crippen MR) is 110 cm³/mol. The van der Waals surface area contributed by atoms with Crippen molar-refractivity contribution in [2.45, 2.75) is 63.1 Å². The Morgan fingerprint density at radius 1 is 1.07 bits per heavy atom. The topological polar surface area (TPSA) is 109 Å². The maximum absolute atomic E-state index is 12.5. The first kappa shape index (κ1) is 22.4. The van der Waals surface area contributed by atoms with Gasteiger partial charge in [-0.1, -0.05) is 6.07 Å². The molecule has 0 spiro atoms. The Balaban J connectivity index is 0.00000240. The zero-order chi connectivity index (χ0) is 20.1. The molecule has 1 heterocycles. The van der Waals surface area contributed by atoms with E-state index in [2.05, 4.69) is 11.4 Å². The number of carbonyl (C=O) groups excluding carboxylic acids is 1. The maximum Gasteiger partial charge on any atom is 0.333 e. The van der Waals surface area contributed by atoms with Crippen LogP contribution in [0.3, 0.4) is 0 Å². The molecule has 0 aliphatic heterocycles. The van der Waals surface area contributed by atoms with E-state index in [1.54, 1.807) is 0 Å². The Labute approximate surface area is 192 Å². The molecule has 0 fully saturated rings. The monoisotopic (exact) mass is 427 g/mol. The Hall–Kier alpha value is -1.32. The van der Waals surface area contributed by atoms with Crippen LogP contribution in [0.5, 0.6) is 0 Å². The van der Waals surface area contributed by atoms with E-state index in [9.17, 15) is 18.3 Å². The van der Waals surface area contributed by atoms with Crippen molar-refractivity contribution in [3.63, 3.8) is 0 Å². The summed E-state index contributed by atoms with van der Waals surface area (Å²) in [6.45, 7) is 3.04. The SMILES string of the molecule is CC(C)(O)c1coc(S(=O)(=O)NC(=O)Nc2c3c(cc4c2CCC4)CCC3)c1.[Na]. The summed E-state index contributed by atoms with van der Waals surface area (Å²) in [6.07, 6.45) is 7.00. The van der Waals surface area contributed by atoms with Crippen molar-refractivity contribution in [3.05, 3.63) is 46.2 Å². The average molecular weight is 427 g/mol. The number of aliphatic hydroxyl groups is 1. The fourth-order valence-electron chi connectivity index (χ4n) is 4.06. The zero-order valence-electron chi connectivity index (χ0n) is 17.0. The summed E-state index contributed by atoms with van der Waals surface area (Å²) in [5, 5.41) is 12.3. The third-order valence-electron chi connectivity index (χ3n) is 5.49. The Kier molecular flexibility index (Phi) is 6.23. The average Bonchev–Trinajstić information content (AvgIpc) is 3.33. The molecule has 0 atom stereocenters. The quantitative estimate of drug-likeness (QED) is 0.650. The van der Waals surface area contributed by atoms with Crippen LogP contribution >= 0.6 is 0 Å². The first-order valence-corrected chi connectivity index (χ1v) is 10.9. The number of benzene rings is 1. The van der Waals surface area contributed by atoms with Gasteiger partial charge in [-0.3, -0.25) is 0 Å². The van der Waals surface area contributed by atoms with Crippen LogP contribution < -0.4 is 10.0 Å². The largest absolute Gasteiger partial charge is 0.451 e. The van der Waals surface area contributed by atoms with Crippen LogP contribution in [-0.2, 0) is 41.3 Å². The van der Waals surface area contributed by atoms with Crippen LogP contribution in [0.4, 0.5) is 10.5 Å². The van der Waals surface area contributed by atoms with Gasteiger partial charge in [-0.2, -0.15) is 8.42 Å². The van der Waals surface area contributed by atoms with E-state index in [0.717, 1.165) is 55.3 Å². The minimum absolute atomic E-state index is 0. The number of urea groups is 1. The molecule has 1 radical (unpaired) electrons. The summed E-state index contributed by atoms with van der Waals surface area (Å²) in [6, 6.07) is 2.65. The molecule has 3 N–H and O–H groups in total. The summed E-state index contributed by atoms with van der Waals surface area (Å²) in [7, 11) is -4.19. The van der Waals surface area contributed by atoms with E-state index >= 15 is 0 Å². The van der Waals surface area contributed by atoms with Crippen molar-refractivity contribution < 1.29 is 22.7 Å². The first-order valence-electron chi connectivity index (χ1n) is 9.47. The van der Waals surface area contributed by atoms with E-state index in [1.165, 1.54) is 37.3 Å². The van der Waals surface area contributed by atoms with E-state index in [4.69, 9.17) is 4.42 Å². The third kappa shape index (κ3) is 4.41. The van der Waals surface area contributed by atoms with Gasteiger partial charge in [0.2, 0.25) is 5.09 Å². The Morgan fingerprint density at radius 2 is 1.66 bits per heavy atom. The van der Waals surface area contributed by atoms with Gasteiger partial charge in [0.25, 0.3) is 10.0 Å². The zero-order valence-corrected chi connectivity index (χ0v) is 19.8. The standard InChI is InChI=1S/C20H24N2O5S.Na/c1-20(2,24)14-10-17(27-11-14)28(25,26)22-19(23)21-18-15-7-3-5-12(15)9-13-6-4-8-16(13)18;/h9-11,24H,3-8H2,1-2H3,(H2,21,22,23);. The molecule has 2 aromatic rings. The van der Waals surface area contributed by atoms with Gasteiger partial charge in [0.1, 0.15) is 0 Å². The molecule has 0 unspecified atom stereocenters. The van der Waals surface area contributed by atoms with Crippen LogP contribution in [0.1, 0.15) is 54.5 Å². The van der Waals surface area contributed by atoms with Crippen LogP contribution in [-0.4, -0.2) is 49.1 Å². The van der Waals surface area contributed by atoms with Gasteiger partial charge in [0.05, 0.1) is 11.9 Å². The summed E-state index contributed by atoms with van der Waals surface area (Å²) >= 11 is 0. The Bertz CT molecular complexity index is 1020. The van der Waals surface area contributed by atoms with Gasteiger partial charge in [0.15, 0.2) is 0 Å². The van der Waals surface area contributed by atoms with E-state index < -0.39 is 26.7 Å². The number of anilines is 1. The number of sulfonamides is 1. The minimum atomic E-state index is -4.19. The van der Waals surface area contributed by atoms with Crippen LogP contribution in [0.25, 0.3) is 0 Å². The van der Waals surface area contributed by atoms with Gasteiger partial charge >= 0.3 is 6.03 Å². The molecule has 29 heavy (non-hydrogen) atoms. The second-order valence-corrected chi connectivity index (χ2v) is 9.62. The van der Waals surface area contributed by atoms with Gasteiger partial charge in [-0.05, 0) is 74.6 Å². The number of hydrogen-bond donors (Lipinski definition) is 3. The number of rotatable bonds is 4. The molecular formula is C20H24N2NaO5S. The summed E-state index contributed by atoms with van der Waals surface area (Å²) < 4.78 is 32.1. The third-order valence-corrected chi connectivity index (χ3v) is 6.68. The second kappa shape index (κ2) is 8.07.